The van der Waals surface area contributed by atoms with E-state index in [0.29, 0.717) is 13.0 Å². The van der Waals surface area contributed by atoms with Crippen LogP contribution in [0, 0.1) is 11.8 Å². The van der Waals surface area contributed by atoms with Crippen molar-refractivity contribution in [2.45, 2.75) is 31.3 Å². The van der Waals surface area contributed by atoms with Gasteiger partial charge in [0.15, 0.2) is 0 Å². The second kappa shape index (κ2) is 8.06. The molecule has 6 nitrogen and oxygen atoms in total. The number of benzene rings is 1. The minimum Gasteiger partial charge on any atom is -0.394 e. The van der Waals surface area contributed by atoms with Crippen molar-refractivity contribution >= 4 is 11.8 Å². The number of carbonyl (C=O) groups is 2. The maximum atomic E-state index is 12.5. The molecular formula is C23H23N3O3. The SMILES string of the molecule is CCC(=O)N1CC(=O)N2[C@H](C1)[C@@H](c1ccc(C#Cc3cccnc3)cc1)[C@@H]2CO. The van der Waals surface area contributed by atoms with Crippen LogP contribution in [-0.4, -0.2) is 63.5 Å². The second-order valence-corrected chi connectivity index (χ2v) is 7.39. The van der Waals surface area contributed by atoms with Crippen molar-refractivity contribution in [3.63, 3.8) is 0 Å². The predicted octanol–water partition coefficient (Wildman–Crippen LogP) is 1.39. The minimum atomic E-state index is -0.237. The molecule has 1 aromatic carbocycles. The van der Waals surface area contributed by atoms with Crippen LogP contribution >= 0.6 is 0 Å². The third-order valence-corrected chi connectivity index (χ3v) is 5.72. The summed E-state index contributed by atoms with van der Waals surface area (Å²) < 4.78 is 0. The molecule has 2 aromatic rings. The summed E-state index contributed by atoms with van der Waals surface area (Å²) in [5.41, 5.74) is 2.79. The van der Waals surface area contributed by atoms with Gasteiger partial charge in [0, 0.05) is 42.4 Å². The minimum absolute atomic E-state index is 0.00905. The van der Waals surface area contributed by atoms with E-state index < -0.39 is 0 Å². The van der Waals surface area contributed by atoms with Crippen LogP contribution in [0.25, 0.3) is 0 Å². The molecule has 0 bridgehead atoms. The van der Waals surface area contributed by atoms with Crippen molar-refractivity contribution in [2.24, 2.45) is 0 Å². The molecule has 0 aliphatic carbocycles. The quantitative estimate of drug-likeness (QED) is 0.805. The number of aromatic nitrogens is 1. The van der Waals surface area contributed by atoms with Crippen LogP contribution in [0.2, 0.25) is 0 Å². The number of rotatable bonds is 3. The zero-order valence-corrected chi connectivity index (χ0v) is 16.3. The number of aliphatic hydroxyl groups is 1. The van der Waals surface area contributed by atoms with Gasteiger partial charge in [-0.1, -0.05) is 30.9 Å². The highest BCUT2D eigenvalue weighted by Crippen LogP contribution is 2.42. The molecule has 1 aromatic heterocycles. The molecule has 0 unspecified atom stereocenters. The number of aliphatic hydroxyl groups excluding tert-OH is 1. The van der Waals surface area contributed by atoms with E-state index in [-0.39, 0.29) is 43.0 Å². The van der Waals surface area contributed by atoms with E-state index >= 15 is 0 Å². The summed E-state index contributed by atoms with van der Waals surface area (Å²) in [6.45, 7) is 2.34. The Hall–Kier alpha value is -3.17. The normalized spacial score (nSPS) is 23.0. The molecule has 3 atom stereocenters. The first kappa shape index (κ1) is 19.2. The van der Waals surface area contributed by atoms with Crippen LogP contribution in [0.3, 0.4) is 0 Å². The fourth-order valence-corrected chi connectivity index (χ4v) is 4.28. The monoisotopic (exact) mass is 389 g/mol. The van der Waals surface area contributed by atoms with Gasteiger partial charge in [0.1, 0.15) is 0 Å². The van der Waals surface area contributed by atoms with Crippen molar-refractivity contribution in [2.75, 3.05) is 19.7 Å². The highest BCUT2D eigenvalue weighted by Gasteiger charge is 2.54. The molecule has 0 radical (unpaired) electrons. The maximum absolute atomic E-state index is 12.5. The Labute approximate surface area is 170 Å². The zero-order chi connectivity index (χ0) is 20.4. The number of fused-ring (bicyclic) bond motifs is 1. The molecule has 0 saturated carbocycles. The summed E-state index contributed by atoms with van der Waals surface area (Å²) in [6, 6.07) is 11.3. The van der Waals surface area contributed by atoms with Gasteiger partial charge >= 0.3 is 0 Å². The lowest BCUT2D eigenvalue weighted by atomic mass is 9.73. The van der Waals surface area contributed by atoms with Crippen LogP contribution in [0.1, 0.15) is 36.0 Å². The van der Waals surface area contributed by atoms with Gasteiger partial charge in [-0.15, -0.1) is 0 Å². The number of hydrogen-bond acceptors (Lipinski definition) is 4. The lowest BCUT2D eigenvalue weighted by Crippen LogP contribution is -2.73. The summed E-state index contributed by atoms with van der Waals surface area (Å²) in [6.07, 6.45) is 3.82. The number of piperazine rings is 1. The van der Waals surface area contributed by atoms with Gasteiger partial charge in [-0.2, -0.15) is 0 Å². The lowest BCUT2D eigenvalue weighted by molar-refractivity contribution is -0.166. The Balaban J connectivity index is 1.53. The van der Waals surface area contributed by atoms with Gasteiger partial charge in [0.05, 0.1) is 25.2 Å². The molecule has 1 N–H and O–H groups in total. The Kier molecular flexibility index (Phi) is 5.32. The van der Waals surface area contributed by atoms with E-state index in [2.05, 4.69) is 16.8 Å². The molecule has 0 spiro atoms. The van der Waals surface area contributed by atoms with Crippen LogP contribution in [-0.2, 0) is 9.59 Å². The van der Waals surface area contributed by atoms with E-state index in [9.17, 15) is 14.7 Å². The van der Waals surface area contributed by atoms with Gasteiger partial charge in [0.2, 0.25) is 11.8 Å². The second-order valence-electron chi connectivity index (χ2n) is 7.39. The van der Waals surface area contributed by atoms with Gasteiger partial charge in [-0.3, -0.25) is 14.6 Å². The zero-order valence-electron chi connectivity index (χ0n) is 16.3. The number of carbonyl (C=O) groups excluding carboxylic acids is 2. The van der Waals surface area contributed by atoms with Gasteiger partial charge < -0.3 is 14.9 Å². The van der Waals surface area contributed by atoms with E-state index in [4.69, 9.17) is 0 Å². The number of nitrogens with zero attached hydrogens (tertiary/aromatic N) is 3. The molecule has 2 fully saturated rings. The Morgan fingerprint density at radius 3 is 2.62 bits per heavy atom. The lowest BCUT2D eigenvalue weighted by Gasteiger charge is -2.58. The first-order chi connectivity index (χ1) is 14.1. The number of amides is 2. The molecule has 2 amide bonds. The first-order valence-electron chi connectivity index (χ1n) is 9.84. The van der Waals surface area contributed by atoms with Crippen LogP contribution in [0.4, 0.5) is 0 Å². The third kappa shape index (κ3) is 3.62. The summed E-state index contributed by atoms with van der Waals surface area (Å²) in [4.78, 5) is 32.0. The van der Waals surface area contributed by atoms with Crippen LogP contribution in [0.15, 0.2) is 48.8 Å². The average molecular weight is 389 g/mol. The summed E-state index contributed by atoms with van der Waals surface area (Å²) >= 11 is 0. The molecule has 6 heteroatoms. The summed E-state index contributed by atoms with van der Waals surface area (Å²) in [5.74, 6) is 6.12. The van der Waals surface area contributed by atoms with E-state index in [1.807, 2.05) is 36.4 Å². The third-order valence-electron chi connectivity index (χ3n) is 5.72. The van der Waals surface area contributed by atoms with E-state index in [1.165, 1.54) is 0 Å². The van der Waals surface area contributed by atoms with Gasteiger partial charge in [-0.05, 0) is 29.8 Å². The molecule has 4 rings (SSSR count). The van der Waals surface area contributed by atoms with Gasteiger partial charge in [-0.25, -0.2) is 0 Å². The summed E-state index contributed by atoms with van der Waals surface area (Å²) in [7, 11) is 0. The summed E-state index contributed by atoms with van der Waals surface area (Å²) in [5, 5.41) is 9.86. The Morgan fingerprint density at radius 1 is 1.21 bits per heavy atom. The highest BCUT2D eigenvalue weighted by atomic mass is 16.3. The molecule has 148 valence electrons. The van der Waals surface area contributed by atoms with E-state index in [0.717, 1.165) is 16.7 Å². The molecule has 2 aliphatic heterocycles. The molecule has 2 saturated heterocycles. The fourth-order valence-electron chi connectivity index (χ4n) is 4.28. The largest absolute Gasteiger partial charge is 0.394 e. The number of pyridine rings is 1. The average Bonchev–Trinajstić information content (AvgIpc) is 2.74. The van der Waals surface area contributed by atoms with E-state index in [1.54, 1.807) is 29.1 Å². The van der Waals surface area contributed by atoms with Crippen LogP contribution < -0.4 is 0 Å². The molecule has 2 aliphatic rings. The van der Waals surface area contributed by atoms with Gasteiger partial charge in [0.25, 0.3) is 0 Å². The standard InChI is InChI=1S/C23H23N3O3/c1-2-21(28)25-13-19-23(20(15-27)26(19)22(29)14-25)18-9-7-16(8-10-18)5-6-17-4-3-11-24-12-17/h3-4,7-12,19-20,23,27H,2,13-15H2,1H3/t19-,20+,23-/m1/s1. The Bertz CT molecular complexity index is 962. The number of hydrogen-bond donors (Lipinski definition) is 1. The topological polar surface area (TPSA) is 73.7 Å². The predicted molar refractivity (Wildman–Crippen MR) is 108 cm³/mol. The fraction of sp³-hybridized carbons (Fsp3) is 0.348. The molecule has 29 heavy (non-hydrogen) atoms. The Morgan fingerprint density at radius 2 is 1.97 bits per heavy atom. The molecular weight excluding hydrogens is 366 g/mol. The van der Waals surface area contributed by atoms with Crippen molar-refractivity contribution in [1.29, 1.82) is 0 Å². The first-order valence-corrected chi connectivity index (χ1v) is 9.84. The highest BCUT2D eigenvalue weighted by molar-refractivity contribution is 5.87. The van der Waals surface area contributed by atoms with Crippen LogP contribution in [0.5, 0.6) is 0 Å². The maximum Gasteiger partial charge on any atom is 0.242 e. The smallest absolute Gasteiger partial charge is 0.242 e. The molecule has 3 heterocycles. The van der Waals surface area contributed by atoms with Crippen molar-refractivity contribution < 1.29 is 14.7 Å². The van der Waals surface area contributed by atoms with Crippen molar-refractivity contribution in [3.05, 3.63) is 65.5 Å². The van der Waals surface area contributed by atoms with Crippen molar-refractivity contribution in [1.82, 2.24) is 14.8 Å². The van der Waals surface area contributed by atoms with Crippen molar-refractivity contribution in [3.8, 4) is 11.8 Å².